The fourth-order valence-electron chi connectivity index (χ4n) is 1.39. The number of carbonyl (C=O) groups is 1. The lowest BCUT2D eigenvalue weighted by Gasteiger charge is -2.07. The molecule has 0 saturated carbocycles. The molecule has 0 bridgehead atoms. The summed E-state index contributed by atoms with van der Waals surface area (Å²) in [5.74, 6) is 5.43. The number of amides is 1. The van der Waals surface area contributed by atoms with Crippen LogP contribution in [0.15, 0.2) is 42.5 Å². The van der Waals surface area contributed by atoms with Crippen LogP contribution < -0.4 is 16.6 Å². The molecule has 0 aliphatic carbocycles. The summed E-state index contributed by atoms with van der Waals surface area (Å²) in [6.07, 6.45) is 0. The average molecular weight is 354 g/mol. The number of nitrogens with two attached hydrogens (primary N) is 1. The summed E-state index contributed by atoms with van der Waals surface area (Å²) in [5, 5.41) is 2.80. The predicted octanol–water partition coefficient (Wildman–Crippen LogP) is 2.22. The van der Waals surface area contributed by atoms with Gasteiger partial charge in [0.1, 0.15) is 11.5 Å². The van der Waals surface area contributed by atoms with Gasteiger partial charge in [-0.2, -0.15) is 0 Å². The number of pyridine rings is 1. The van der Waals surface area contributed by atoms with E-state index in [0.29, 0.717) is 11.5 Å². The first-order valence-electron chi connectivity index (χ1n) is 5.20. The molecule has 0 atom stereocenters. The van der Waals surface area contributed by atoms with Gasteiger partial charge in [0.2, 0.25) is 0 Å². The molecule has 0 fully saturated rings. The lowest BCUT2D eigenvalue weighted by Crippen LogP contribution is -2.16. The maximum Gasteiger partial charge on any atom is 0.274 e. The summed E-state index contributed by atoms with van der Waals surface area (Å²) in [6, 6.07) is 12.6. The highest BCUT2D eigenvalue weighted by Crippen LogP contribution is 2.17. The van der Waals surface area contributed by atoms with Crippen LogP contribution in [-0.2, 0) is 0 Å². The standard InChI is InChI=1S/C12H11IN4O/c13-8-4-1-2-5-9(8)16-12(18)10-6-3-7-11(15-10)17-14/h1-7H,14H2,(H,15,17)(H,16,18). The van der Waals surface area contributed by atoms with Gasteiger partial charge in [0.25, 0.3) is 5.91 Å². The van der Waals surface area contributed by atoms with Crippen molar-refractivity contribution >= 4 is 40.0 Å². The molecular weight excluding hydrogens is 343 g/mol. The van der Waals surface area contributed by atoms with Crippen molar-refractivity contribution in [1.29, 1.82) is 0 Å². The van der Waals surface area contributed by atoms with Crippen LogP contribution >= 0.6 is 22.6 Å². The molecule has 1 aromatic heterocycles. The van der Waals surface area contributed by atoms with Gasteiger partial charge in [-0.1, -0.05) is 18.2 Å². The number of nitrogens with one attached hydrogen (secondary N) is 2. The van der Waals surface area contributed by atoms with Gasteiger partial charge in [-0.3, -0.25) is 4.79 Å². The van der Waals surface area contributed by atoms with Crippen LogP contribution in [0.4, 0.5) is 11.5 Å². The average Bonchev–Trinajstić information content (AvgIpc) is 2.41. The molecule has 0 aliphatic rings. The maximum absolute atomic E-state index is 12.0. The first-order chi connectivity index (χ1) is 8.70. The van der Waals surface area contributed by atoms with Crippen molar-refractivity contribution in [1.82, 2.24) is 4.98 Å². The summed E-state index contributed by atoms with van der Waals surface area (Å²) < 4.78 is 0.969. The fourth-order valence-corrected chi connectivity index (χ4v) is 1.91. The zero-order chi connectivity index (χ0) is 13.0. The number of aromatic nitrogens is 1. The van der Waals surface area contributed by atoms with Gasteiger partial charge >= 0.3 is 0 Å². The molecule has 0 saturated heterocycles. The number of hydrogen-bond acceptors (Lipinski definition) is 4. The number of nitrogens with zero attached hydrogens (tertiary/aromatic N) is 1. The number of para-hydroxylation sites is 1. The van der Waals surface area contributed by atoms with Crippen LogP contribution in [0.1, 0.15) is 10.5 Å². The van der Waals surface area contributed by atoms with E-state index in [1.165, 1.54) is 0 Å². The quantitative estimate of drug-likeness (QED) is 0.449. The van der Waals surface area contributed by atoms with E-state index in [-0.39, 0.29) is 5.91 Å². The minimum atomic E-state index is -0.267. The fraction of sp³-hybridized carbons (Fsp3) is 0. The molecule has 1 aromatic carbocycles. The number of halogens is 1. The normalized spacial score (nSPS) is 9.89. The smallest absolute Gasteiger partial charge is 0.274 e. The number of hydrazine groups is 1. The topological polar surface area (TPSA) is 80.0 Å². The second kappa shape index (κ2) is 5.78. The third-order valence-corrected chi connectivity index (χ3v) is 3.19. The molecule has 5 nitrogen and oxygen atoms in total. The van der Waals surface area contributed by atoms with Crippen LogP contribution in [0, 0.1) is 3.57 Å². The molecule has 2 rings (SSSR count). The zero-order valence-corrected chi connectivity index (χ0v) is 11.5. The Hall–Kier alpha value is -1.67. The lowest BCUT2D eigenvalue weighted by molar-refractivity contribution is 0.102. The first kappa shape index (κ1) is 12.8. The van der Waals surface area contributed by atoms with Gasteiger partial charge in [-0.05, 0) is 46.9 Å². The van der Waals surface area contributed by atoms with Gasteiger partial charge in [-0.25, -0.2) is 10.8 Å². The summed E-state index contributed by atoms with van der Waals surface area (Å²) in [6.45, 7) is 0. The molecular formula is C12H11IN4O. The van der Waals surface area contributed by atoms with E-state index in [1.807, 2.05) is 24.3 Å². The van der Waals surface area contributed by atoms with Crippen molar-refractivity contribution < 1.29 is 4.79 Å². The Labute approximate surface area is 118 Å². The highest BCUT2D eigenvalue weighted by atomic mass is 127. The minimum Gasteiger partial charge on any atom is -0.320 e. The number of anilines is 2. The number of rotatable bonds is 3. The lowest BCUT2D eigenvalue weighted by atomic mass is 10.3. The molecule has 0 spiro atoms. The third kappa shape index (κ3) is 2.96. The molecule has 0 radical (unpaired) electrons. The molecule has 0 aliphatic heterocycles. The molecule has 1 heterocycles. The van der Waals surface area contributed by atoms with Crippen LogP contribution in [0.3, 0.4) is 0 Å². The highest BCUT2D eigenvalue weighted by molar-refractivity contribution is 14.1. The maximum atomic E-state index is 12.0. The van der Waals surface area contributed by atoms with Crippen LogP contribution in [0.5, 0.6) is 0 Å². The van der Waals surface area contributed by atoms with Crippen LogP contribution in [0.25, 0.3) is 0 Å². The Balaban J connectivity index is 2.19. The SMILES string of the molecule is NNc1cccc(C(=O)Nc2ccccc2I)n1. The van der Waals surface area contributed by atoms with Crippen LogP contribution in [-0.4, -0.2) is 10.9 Å². The van der Waals surface area contributed by atoms with Crippen LogP contribution in [0.2, 0.25) is 0 Å². The van der Waals surface area contributed by atoms with E-state index in [0.717, 1.165) is 9.26 Å². The van der Waals surface area contributed by atoms with Crippen molar-refractivity contribution in [3.05, 3.63) is 51.7 Å². The largest absolute Gasteiger partial charge is 0.320 e. The molecule has 92 valence electrons. The molecule has 6 heteroatoms. The highest BCUT2D eigenvalue weighted by Gasteiger charge is 2.09. The zero-order valence-electron chi connectivity index (χ0n) is 9.35. The number of hydrogen-bond donors (Lipinski definition) is 3. The number of carbonyl (C=O) groups excluding carboxylic acids is 1. The van der Waals surface area contributed by atoms with E-state index in [9.17, 15) is 4.79 Å². The van der Waals surface area contributed by atoms with Gasteiger partial charge in [0, 0.05) is 3.57 Å². The van der Waals surface area contributed by atoms with Gasteiger partial charge in [0.05, 0.1) is 5.69 Å². The molecule has 18 heavy (non-hydrogen) atoms. The van der Waals surface area contributed by atoms with Gasteiger partial charge in [-0.15, -0.1) is 0 Å². The summed E-state index contributed by atoms with van der Waals surface area (Å²) in [5.41, 5.74) is 3.48. The van der Waals surface area contributed by atoms with E-state index in [1.54, 1.807) is 18.2 Å². The monoisotopic (exact) mass is 354 g/mol. The Kier molecular flexibility index (Phi) is 4.11. The Morgan fingerprint density at radius 2 is 1.94 bits per heavy atom. The number of nitrogen functional groups attached to an aromatic ring is 1. The third-order valence-electron chi connectivity index (χ3n) is 2.25. The van der Waals surface area contributed by atoms with Crippen molar-refractivity contribution in [3.63, 3.8) is 0 Å². The van der Waals surface area contributed by atoms with Crippen molar-refractivity contribution in [2.45, 2.75) is 0 Å². The minimum absolute atomic E-state index is 0.267. The summed E-state index contributed by atoms with van der Waals surface area (Å²) >= 11 is 2.16. The summed E-state index contributed by atoms with van der Waals surface area (Å²) in [7, 11) is 0. The molecule has 1 amide bonds. The van der Waals surface area contributed by atoms with Crippen molar-refractivity contribution in [2.75, 3.05) is 10.7 Å². The molecule has 0 unspecified atom stereocenters. The Bertz CT molecular complexity index is 574. The predicted molar refractivity (Wildman–Crippen MR) is 79.2 cm³/mol. The van der Waals surface area contributed by atoms with Gasteiger partial charge in [0.15, 0.2) is 0 Å². The second-order valence-corrected chi connectivity index (χ2v) is 4.65. The first-order valence-corrected chi connectivity index (χ1v) is 6.28. The van der Waals surface area contributed by atoms with E-state index in [2.05, 4.69) is 38.3 Å². The van der Waals surface area contributed by atoms with E-state index in [4.69, 9.17) is 5.84 Å². The molecule has 2 aromatic rings. The van der Waals surface area contributed by atoms with E-state index < -0.39 is 0 Å². The van der Waals surface area contributed by atoms with Gasteiger partial charge < -0.3 is 10.7 Å². The molecule has 4 N–H and O–H groups in total. The van der Waals surface area contributed by atoms with E-state index >= 15 is 0 Å². The second-order valence-electron chi connectivity index (χ2n) is 3.49. The Morgan fingerprint density at radius 1 is 1.17 bits per heavy atom. The summed E-state index contributed by atoms with van der Waals surface area (Å²) in [4.78, 5) is 16.1. The van der Waals surface area contributed by atoms with Crippen molar-refractivity contribution in [3.8, 4) is 0 Å². The Morgan fingerprint density at radius 3 is 2.67 bits per heavy atom. The van der Waals surface area contributed by atoms with Crippen molar-refractivity contribution in [2.24, 2.45) is 5.84 Å². The number of benzene rings is 1.